The van der Waals surface area contributed by atoms with Crippen LogP contribution in [-0.4, -0.2) is 44.4 Å². The van der Waals surface area contributed by atoms with Gasteiger partial charge in [0.2, 0.25) is 5.91 Å². The Morgan fingerprint density at radius 2 is 2.05 bits per heavy atom. The third-order valence-electron chi connectivity index (χ3n) is 2.90. The number of benzene rings is 1. The third kappa shape index (κ3) is 5.28. The molecule has 0 saturated heterocycles. The molecular formula is C14H22N2O3. The molecule has 0 spiro atoms. The third-order valence-corrected chi connectivity index (χ3v) is 2.90. The van der Waals surface area contributed by atoms with Crippen molar-refractivity contribution in [3.8, 4) is 0 Å². The van der Waals surface area contributed by atoms with Crippen molar-refractivity contribution in [3.05, 3.63) is 24.3 Å². The molecule has 0 aromatic heterocycles. The molecule has 0 radical (unpaired) electrons. The first-order valence-electron chi connectivity index (χ1n) is 6.31. The highest BCUT2D eigenvalue weighted by Gasteiger charge is 2.08. The van der Waals surface area contributed by atoms with Crippen LogP contribution in [0.2, 0.25) is 0 Å². The molecular weight excluding hydrogens is 244 g/mol. The van der Waals surface area contributed by atoms with Gasteiger partial charge in [0.05, 0.1) is 19.1 Å². The van der Waals surface area contributed by atoms with Crippen molar-refractivity contribution in [2.45, 2.75) is 19.4 Å². The van der Waals surface area contributed by atoms with Gasteiger partial charge in [-0.25, -0.2) is 0 Å². The molecule has 1 rings (SSSR count). The van der Waals surface area contributed by atoms with Gasteiger partial charge in [0.15, 0.2) is 0 Å². The summed E-state index contributed by atoms with van der Waals surface area (Å²) in [5.41, 5.74) is 1.76. The number of hydrogen-bond donors (Lipinski definition) is 2. The van der Waals surface area contributed by atoms with Crippen molar-refractivity contribution >= 4 is 17.3 Å². The molecule has 5 heteroatoms. The zero-order valence-corrected chi connectivity index (χ0v) is 11.7. The summed E-state index contributed by atoms with van der Waals surface area (Å²) in [5.74, 6) is -0.0641. The van der Waals surface area contributed by atoms with E-state index in [-0.39, 0.29) is 18.6 Å². The zero-order chi connectivity index (χ0) is 14.3. The minimum Gasteiger partial charge on any atom is -0.395 e. The van der Waals surface area contributed by atoms with Crippen molar-refractivity contribution in [2.75, 3.05) is 37.5 Å². The lowest BCUT2D eigenvalue weighted by molar-refractivity contribution is -0.118. The van der Waals surface area contributed by atoms with E-state index in [4.69, 9.17) is 9.84 Å². The molecule has 19 heavy (non-hydrogen) atoms. The van der Waals surface area contributed by atoms with E-state index in [1.807, 2.05) is 43.1 Å². The molecule has 0 bridgehead atoms. The van der Waals surface area contributed by atoms with Gasteiger partial charge in [0, 0.05) is 32.1 Å². The van der Waals surface area contributed by atoms with Crippen molar-refractivity contribution in [2.24, 2.45) is 0 Å². The maximum absolute atomic E-state index is 11.7. The number of anilines is 2. The monoisotopic (exact) mass is 266 g/mol. The van der Waals surface area contributed by atoms with Gasteiger partial charge in [0.1, 0.15) is 0 Å². The Balaban J connectivity index is 2.54. The molecule has 0 aliphatic carbocycles. The lowest BCUT2D eigenvalue weighted by atomic mass is 10.2. The summed E-state index contributed by atoms with van der Waals surface area (Å²) in [5, 5.41) is 11.7. The Bertz CT molecular complexity index is 392. The van der Waals surface area contributed by atoms with E-state index in [0.717, 1.165) is 11.4 Å². The highest BCUT2D eigenvalue weighted by molar-refractivity contribution is 5.91. The van der Waals surface area contributed by atoms with E-state index in [9.17, 15) is 4.79 Å². The van der Waals surface area contributed by atoms with Crippen LogP contribution in [0.3, 0.4) is 0 Å². The second-order valence-electron chi connectivity index (χ2n) is 4.49. The first kappa shape index (κ1) is 15.5. The fraction of sp³-hybridized carbons (Fsp3) is 0.500. The van der Waals surface area contributed by atoms with Crippen LogP contribution in [0.1, 0.15) is 13.3 Å². The summed E-state index contributed by atoms with van der Waals surface area (Å²) >= 11 is 0. The Morgan fingerprint density at radius 3 is 2.58 bits per heavy atom. The molecule has 1 atom stereocenters. The minimum atomic E-state index is -0.0880. The van der Waals surface area contributed by atoms with Gasteiger partial charge in [-0.15, -0.1) is 0 Å². The van der Waals surface area contributed by atoms with Crippen molar-refractivity contribution < 1.29 is 14.6 Å². The minimum absolute atomic E-state index is 0.0641. The molecule has 0 fully saturated rings. The molecule has 106 valence electrons. The molecule has 0 heterocycles. The molecule has 1 amide bonds. The van der Waals surface area contributed by atoms with E-state index >= 15 is 0 Å². The van der Waals surface area contributed by atoms with E-state index in [1.165, 1.54) is 0 Å². The number of rotatable bonds is 7. The van der Waals surface area contributed by atoms with Gasteiger partial charge < -0.3 is 20.1 Å². The molecule has 1 unspecified atom stereocenters. The number of carbonyl (C=O) groups is 1. The van der Waals surface area contributed by atoms with Crippen molar-refractivity contribution in [3.63, 3.8) is 0 Å². The summed E-state index contributed by atoms with van der Waals surface area (Å²) in [6, 6.07) is 7.51. The maximum Gasteiger partial charge on any atom is 0.226 e. The van der Waals surface area contributed by atoms with Crippen molar-refractivity contribution in [1.29, 1.82) is 0 Å². The number of nitrogens with one attached hydrogen (secondary N) is 1. The quantitative estimate of drug-likeness (QED) is 0.784. The Kier molecular flexibility index (Phi) is 6.32. The van der Waals surface area contributed by atoms with Gasteiger partial charge in [0.25, 0.3) is 0 Å². The molecule has 5 nitrogen and oxygen atoms in total. The first-order valence-corrected chi connectivity index (χ1v) is 6.31. The summed E-state index contributed by atoms with van der Waals surface area (Å²) in [6.45, 7) is 2.55. The molecule has 1 aromatic carbocycles. The van der Waals surface area contributed by atoms with Crippen LogP contribution < -0.4 is 10.2 Å². The van der Waals surface area contributed by atoms with Gasteiger partial charge in [-0.1, -0.05) is 0 Å². The Labute approximate surface area is 114 Å². The summed E-state index contributed by atoms with van der Waals surface area (Å²) in [7, 11) is 3.49. The molecule has 2 N–H and O–H groups in total. The van der Waals surface area contributed by atoms with Crippen molar-refractivity contribution in [1.82, 2.24) is 0 Å². The highest BCUT2D eigenvalue weighted by Crippen LogP contribution is 2.16. The van der Waals surface area contributed by atoms with Crippen LogP contribution in [0.15, 0.2) is 24.3 Å². The van der Waals surface area contributed by atoms with Gasteiger partial charge in [-0.3, -0.25) is 4.79 Å². The number of hydrogen-bond acceptors (Lipinski definition) is 4. The lowest BCUT2D eigenvalue weighted by Gasteiger charge is -2.18. The lowest BCUT2D eigenvalue weighted by Crippen LogP contribution is -2.21. The second kappa shape index (κ2) is 7.76. The van der Waals surface area contributed by atoms with Crippen LogP contribution in [0.25, 0.3) is 0 Å². The zero-order valence-electron chi connectivity index (χ0n) is 11.7. The van der Waals surface area contributed by atoms with E-state index < -0.39 is 0 Å². The highest BCUT2D eigenvalue weighted by atomic mass is 16.5. The average Bonchev–Trinajstić information content (AvgIpc) is 2.39. The van der Waals surface area contributed by atoms with Crippen LogP contribution >= 0.6 is 0 Å². The smallest absolute Gasteiger partial charge is 0.226 e. The van der Waals surface area contributed by atoms with Crippen LogP contribution in [0, 0.1) is 0 Å². The molecule has 1 aromatic rings. The summed E-state index contributed by atoms with van der Waals surface area (Å²) < 4.78 is 5.04. The summed E-state index contributed by atoms with van der Waals surface area (Å²) in [4.78, 5) is 13.6. The Hall–Kier alpha value is -1.59. The number of nitrogens with zero attached hydrogens (tertiary/aromatic N) is 1. The molecule has 0 aliphatic rings. The number of aliphatic hydroxyl groups excluding tert-OH is 1. The van der Waals surface area contributed by atoms with Crippen LogP contribution in [0.4, 0.5) is 11.4 Å². The second-order valence-corrected chi connectivity index (χ2v) is 4.49. The number of ether oxygens (including phenoxy) is 1. The van der Waals surface area contributed by atoms with E-state index in [2.05, 4.69) is 5.32 Å². The summed E-state index contributed by atoms with van der Waals surface area (Å²) in [6.07, 6.45) is 0.248. The number of amides is 1. The number of likely N-dealkylation sites (N-methyl/N-ethyl adjacent to an activating group) is 1. The normalized spacial score (nSPS) is 12.0. The predicted octanol–water partition coefficient (Wildman–Crippen LogP) is 1.48. The van der Waals surface area contributed by atoms with E-state index in [1.54, 1.807) is 7.11 Å². The fourth-order valence-electron chi connectivity index (χ4n) is 1.63. The van der Waals surface area contributed by atoms with Crippen LogP contribution in [-0.2, 0) is 9.53 Å². The molecule has 0 saturated carbocycles. The SMILES string of the molecule is COC(C)CC(=O)Nc1ccc(N(C)CCO)cc1. The number of carbonyl (C=O) groups excluding carboxylic acids is 1. The maximum atomic E-state index is 11.7. The van der Waals surface area contributed by atoms with Gasteiger partial charge in [-0.05, 0) is 31.2 Å². The van der Waals surface area contributed by atoms with Crippen LogP contribution in [0.5, 0.6) is 0 Å². The Morgan fingerprint density at radius 1 is 1.42 bits per heavy atom. The topological polar surface area (TPSA) is 61.8 Å². The number of aliphatic hydroxyl groups is 1. The molecule has 0 aliphatic heterocycles. The van der Waals surface area contributed by atoms with E-state index in [0.29, 0.717) is 13.0 Å². The van der Waals surface area contributed by atoms with Gasteiger partial charge >= 0.3 is 0 Å². The number of methoxy groups -OCH3 is 1. The van der Waals surface area contributed by atoms with Gasteiger partial charge in [-0.2, -0.15) is 0 Å². The standard InChI is InChI=1S/C14H22N2O3/c1-11(19-3)10-14(18)15-12-4-6-13(7-5-12)16(2)8-9-17/h4-7,11,17H,8-10H2,1-3H3,(H,15,18). The fourth-order valence-corrected chi connectivity index (χ4v) is 1.63. The predicted molar refractivity (Wildman–Crippen MR) is 76.5 cm³/mol. The largest absolute Gasteiger partial charge is 0.395 e. The first-order chi connectivity index (χ1) is 9.06. The average molecular weight is 266 g/mol.